The molecular formula is C69H82Cl2N12O6. The van der Waals surface area contributed by atoms with Gasteiger partial charge in [0.25, 0.3) is 0 Å². The number of nitrogens with zero attached hydrogens (tertiary/aromatic N) is 12. The highest BCUT2D eigenvalue weighted by Crippen LogP contribution is 2.52. The van der Waals surface area contributed by atoms with Gasteiger partial charge in [0.15, 0.2) is 0 Å². The molecule has 468 valence electrons. The fourth-order valence-corrected chi connectivity index (χ4v) is 17.3. The zero-order chi connectivity index (χ0) is 61.3. The van der Waals surface area contributed by atoms with Crippen LogP contribution in [0.5, 0.6) is 12.0 Å². The van der Waals surface area contributed by atoms with Gasteiger partial charge in [0, 0.05) is 110 Å². The van der Waals surface area contributed by atoms with Gasteiger partial charge in [-0.2, -0.15) is 19.9 Å². The summed E-state index contributed by atoms with van der Waals surface area (Å²) in [6.45, 7) is 14.6. The number of benzene rings is 4. The highest BCUT2D eigenvalue weighted by atomic mass is 35.5. The van der Waals surface area contributed by atoms with E-state index in [1.54, 1.807) is 0 Å². The fraction of sp³-hybridized carbons (Fsp3) is 0.507. The van der Waals surface area contributed by atoms with Crippen LogP contribution >= 0.6 is 23.2 Å². The van der Waals surface area contributed by atoms with E-state index in [4.69, 9.17) is 57.3 Å². The van der Waals surface area contributed by atoms with Gasteiger partial charge in [0.2, 0.25) is 5.91 Å². The quantitative estimate of drug-likeness (QED) is 0.0678. The average molecular weight is 1250 g/mol. The second kappa shape index (κ2) is 24.4. The van der Waals surface area contributed by atoms with Crippen LogP contribution in [-0.2, 0) is 40.3 Å². The third-order valence-electron chi connectivity index (χ3n) is 21.5. The van der Waals surface area contributed by atoms with Crippen LogP contribution in [0.15, 0.2) is 91.5 Å². The van der Waals surface area contributed by atoms with Crippen molar-refractivity contribution in [1.29, 1.82) is 0 Å². The van der Waals surface area contributed by atoms with Crippen LogP contribution in [0.1, 0.15) is 105 Å². The van der Waals surface area contributed by atoms with Crippen LogP contribution in [0.3, 0.4) is 0 Å². The number of fused-ring (bicyclic) bond motifs is 6. The van der Waals surface area contributed by atoms with Crippen molar-refractivity contribution in [2.75, 3.05) is 106 Å². The van der Waals surface area contributed by atoms with Crippen molar-refractivity contribution in [2.45, 2.75) is 139 Å². The lowest BCUT2D eigenvalue weighted by atomic mass is 9.93. The molecule has 20 heteroatoms. The number of amides is 1. The Hall–Kier alpha value is -6.80. The van der Waals surface area contributed by atoms with Crippen molar-refractivity contribution >= 4 is 79.6 Å². The molecule has 3 unspecified atom stereocenters. The van der Waals surface area contributed by atoms with E-state index in [-0.39, 0.29) is 41.2 Å². The summed E-state index contributed by atoms with van der Waals surface area (Å²) in [4.78, 5) is 64.4. The maximum Gasteiger partial charge on any atom is 0.330 e. The molecule has 0 spiro atoms. The third-order valence-corrected chi connectivity index (χ3v) is 22.2. The van der Waals surface area contributed by atoms with Crippen molar-refractivity contribution < 1.29 is 28.9 Å². The Morgan fingerprint density at radius 3 is 2.03 bits per heavy atom. The Morgan fingerprint density at radius 2 is 1.35 bits per heavy atom. The number of aromatic nitrogens is 4. The molecule has 8 aliphatic rings. The number of esters is 1. The predicted octanol–water partition coefficient (Wildman–Crippen LogP) is 9.93. The number of anilines is 4. The van der Waals surface area contributed by atoms with Crippen LogP contribution in [0, 0.1) is 0 Å². The highest BCUT2D eigenvalue weighted by molar-refractivity contribution is 6.37. The third kappa shape index (κ3) is 11.0. The molecule has 6 aromatic rings. The molecule has 89 heavy (non-hydrogen) atoms. The molecule has 2 aromatic heterocycles. The Morgan fingerprint density at radius 1 is 0.730 bits per heavy atom. The second-order valence-corrected chi connectivity index (χ2v) is 27.1. The summed E-state index contributed by atoms with van der Waals surface area (Å²) in [6, 6.07) is 24.6. The zero-order valence-corrected chi connectivity index (χ0v) is 53.3. The van der Waals surface area contributed by atoms with Crippen LogP contribution in [0.2, 0.25) is 10.0 Å². The standard InChI is InChI=1S/C69H82Cl2N12O6/c1-6-59(84)80-34-24-46(38-80)76(3)64-50-25-35-78(57-17-8-14-45-13-7-16-52(70)62(45)57)40-54(50)73-67(74-64)89-43-69-29-12-33-83(69)56(23-30-69)48-19-20-53(71)63-49(48)15-9-18-58(63)79-36-26-51-55(41-79)72-66(88-42-68-27-10-31-81(68)32-11-28-68)75-65(51)77(4)47-37-44(2)82(39-47)60(85)21-22-61(86)87-5/h6-9,13-22,44,46-47,56,60,85H,1,10-12,23-43H2,2-5H3/b22-21+/t44-,46+,47+,56?,60?,69?/m0/s1. The number of carbonyl (C=O) groups excluding carboxylic acids is 2. The molecule has 14 rings (SSSR count). The van der Waals surface area contributed by atoms with E-state index >= 15 is 0 Å². The molecule has 10 heterocycles. The number of likely N-dealkylation sites (tertiary alicyclic amines) is 2. The molecule has 6 fully saturated rings. The van der Waals surface area contributed by atoms with E-state index in [1.807, 2.05) is 21.9 Å². The lowest BCUT2D eigenvalue weighted by Crippen LogP contribution is -2.44. The van der Waals surface area contributed by atoms with Crippen LogP contribution in [-0.4, -0.2) is 179 Å². The van der Waals surface area contributed by atoms with Crippen molar-refractivity contribution in [1.82, 2.24) is 39.5 Å². The first kappa shape index (κ1) is 59.8. The molecular weight excluding hydrogens is 1160 g/mol. The molecule has 6 atom stereocenters. The number of ether oxygens (including phenoxy) is 3. The molecule has 0 bridgehead atoms. The lowest BCUT2D eigenvalue weighted by Gasteiger charge is -2.37. The minimum atomic E-state index is -0.935. The monoisotopic (exact) mass is 1240 g/mol. The van der Waals surface area contributed by atoms with Crippen molar-refractivity contribution in [3.63, 3.8) is 0 Å². The molecule has 4 aromatic carbocycles. The largest absolute Gasteiger partial charge is 0.466 e. The number of aliphatic hydroxyl groups is 1. The topological polar surface area (TPSA) is 160 Å². The van der Waals surface area contributed by atoms with Crippen molar-refractivity contribution in [3.8, 4) is 12.0 Å². The van der Waals surface area contributed by atoms with E-state index in [0.717, 1.165) is 174 Å². The van der Waals surface area contributed by atoms with Crippen LogP contribution in [0.4, 0.5) is 23.0 Å². The molecule has 8 aliphatic heterocycles. The normalized spacial score (nSPS) is 24.6. The minimum absolute atomic E-state index is 0.0235. The number of aliphatic hydroxyl groups excluding tert-OH is 1. The summed E-state index contributed by atoms with van der Waals surface area (Å²) in [7, 11) is 5.55. The van der Waals surface area contributed by atoms with E-state index in [2.05, 4.69) is 112 Å². The molecule has 0 aliphatic carbocycles. The van der Waals surface area contributed by atoms with Crippen molar-refractivity contribution in [3.05, 3.63) is 130 Å². The first-order valence-corrected chi connectivity index (χ1v) is 33.0. The van der Waals surface area contributed by atoms with Gasteiger partial charge in [-0.1, -0.05) is 72.2 Å². The van der Waals surface area contributed by atoms with Crippen molar-refractivity contribution in [2.24, 2.45) is 0 Å². The van der Waals surface area contributed by atoms with Gasteiger partial charge in [-0.15, -0.1) is 0 Å². The summed E-state index contributed by atoms with van der Waals surface area (Å²) in [5, 5.41) is 17.0. The fourth-order valence-electron chi connectivity index (χ4n) is 16.8. The molecule has 0 radical (unpaired) electrons. The summed E-state index contributed by atoms with van der Waals surface area (Å²) >= 11 is 14.4. The van der Waals surface area contributed by atoms with Gasteiger partial charge >= 0.3 is 18.0 Å². The predicted molar refractivity (Wildman–Crippen MR) is 350 cm³/mol. The Balaban J connectivity index is 0.735. The van der Waals surface area contributed by atoms with Gasteiger partial charge < -0.3 is 43.8 Å². The molecule has 1 amide bonds. The number of hydrogen-bond acceptors (Lipinski definition) is 17. The number of rotatable bonds is 17. The zero-order valence-electron chi connectivity index (χ0n) is 51.8. The number of hydrogen-bond donors (Lipinski definition) is 1. The SMILES string of the molecule is C=CC(=O)N1CC[C@@H](N(C)c2nc(OCC34CCCN3C(c3ccc(Cl)c5c(N6CCc7c(nc(OCC89CCCN8CCC9)nc7N(C)[C@@H]7C[C@H](C)N(C(O)/C=C/C(=O)OC)C7)C6)cccc35)CC4)nc3c2CCN(c2cccc4cccc(Cl)c24)C3)C1. The lowest BCUT2D eigenvalue weighted by molar-refractivity contribution is -0.135. The van der Waals surface area contributed by atoms with E-state index in [9.17, 15) is 14.7 Å². The molecule has 18 nitrogen and oxygen atoms in total. The summed E-state index contributed by atoms with van der Waals surface area (Å²) < 4.78 is 18.6. The molecule has 0 saturated carbocycles. The van der Waals surface area contributed by atoms with Gasteiger partial charge in [0.1, 0.15) is 31.1 Å². The molecule has 6 saturated heterocycles. The number of carbonyl (C=O) groups is 2. The first-order valence-electron chi connectivity index (χ1n) is 32.2. The first-order chi connectivity index (χ1) is 43.2. The average Bonchev–Trinajstić information content (AvgIpc) is 1.82. The second-order valence-electron chi connectivity index (χ2n) is 26.3. The van der Waals surface area contributed by atoms with E-state index in [0.29, 0.717) is 58.0 Å². The van der Waals surface area contributed by atoms with Crippen LogP contribution in [0.25, 0.3) is 21.5 Å². The maximum absolute atomic E-state index is 12.8. The Kier molecular flexibility index (Phi) is 16.4. The van der Waals surface area contributed by atoms with Gasteiger partial charge in [-0.05, 0) is 156 Å². The van der Waals surface area contributed by atoms with E-state index < -0.39 is 12.2 Å². The number of likely N-dealkylation sites (N-methyl/N-ethyl adjacent to an activating group) is 2. The minimum Gasteiger partial charge on any atom is -0.466 e. The number of halogens is 2. The van der Waals surface area contributed by atoms with E-state index in [1.165, 1.54) is 43.7 Å². The Bertz CT molecular complexity index is 3740. The summed E-state index contributed by atoms with van der Waals surface area (Å²) in [5.41, 5.74) is 7.36. The smallest absolute Gasteiger partial charge is 0.330 e. The van der Waals surface area contributed by atoms with Gasteiger partial charge in [-0.3, -0.25) is 19.5 Å². The summed E-state index contributed by atoms with van der Waals surface area (Å²) in [5.74, 6) is 1.19. The Labute approximate surface area is 532 Å². The van der Waals surface area contributed by atoms with Crippen LogP contribution < -0.4 is 29.1 Å². The van der Waals surface area contributed by atoms with Gasteiger partial charge in [0.05, 0.1) is 52.7 Å². The molecule has 1 N–H and O–H groups in total. The summed E-state index contributed by atoms with van der Waals surface area (Å²) in [6.07, 6.45) is 15.0. The number of methoxy groups -OCH3 is 1. The van der Waals surface area contributed by atoms with Gasteiger partial charge in [-0.25, -0.2) is 4.79 Å². The maximum atomic E-state index is 12.8. The highest BCUT2D eigenvalue weighted by Gasteiger charge is 2.51.